The lowest BCUT2D eigenvalue weighted by Crippen LogP contribution is -2.18. The van der Waals surface area contributed by atoms with Gasteiger partial charge >= 0.3 is 0 Å². The first-order chi connectivity index (χ1) is 9.95. The number of carbonyl (C=O) groups is 1. The first-order valence-electron chi connectivity index (χ1n) is 6.94. The van der Waals surface area contributed by atoms with Crippen molar-refractivity contribution in [3.8, 4) is 0 Å². The molecule has 1 heterocycles. The molecule has 0 radical (unpaired) electrons. The highest BCUT2D eigenvalue weighted by Gasteiger charge is 2.11. The normalized spacial score (nSPS) is 10.7. The standard InChI is InChI=1S/C16H20N4O/c1-10(2)13-8-14(20-16(19-13)15(17)21)18-9-12-6-4-11(3)5-7-12/h4-8,10H,9H2,1-3H3,(H2,17,21)(H,18,19,20). The Morgan fingerprint density at radius 2 is 1.90 bits per heavy atom. The number of hydrogen-bond donors (Lipinski definition) is 2. The maximum absolute atomic E-state index is 11.3. The van der Waals surface area contributed by atoms with Gasteiger partial charge in [-0.3, -0.25) is 4.79 Å². The average Bonchev–Trinajstić information content (AvgIpc) is 2.46. The van der Waals surface area contributed by atoms with E-state index >= 15 is 0 Å². The van der Waals surface area contributed by atoms with Crippen molar-refractivity contribution in [2.24, 2.45) is 5.73 Å². The monoisotopic (exact) mass is 284 g/mol. The Kier molecular flexibility index (Phi) is 4.52. The molecule has 1 amide bonds. The molecule has 110 valence electrons. The zero-order chi connectivity index (χ0) is 15.4. The highest BCUT2D eigenvalue weighted by Crippen LogP contribution is 2.16. The van der Waals surface area contributed by atoms with E-state index in [1.165, 1.54) is 5.56 Å². The van der Waals surface area contributed by atoms with Crippen molar-refractivity contribution in [1.29, 1.82) is 0 Å². The second-order valence-electron chi connectivity index (χ2n) is 5.36. The fraction of sp³-hybridized carbons (Fsp3) is 0.312. The summed E-state index contributed by atoms with van der Waals surface area (Å²) in [6, 6.07) is 10.1. The number of benzene rings is 1. The third-order valence-electron chi connectivity index (χ3n) is 3.15. The molecule has 0 saturated carbocycles. The van der Waals surface area contributed by atoms with Crippen LogP contribution in [0.25, 0.3) is 0 Å². The van der Waals surface area contributed by atoms with Gasteiger partial charge in [-0.05, 0) is 18.4 Å². The SMILES string of the molecule is Cc1ccc(CNc2cc(C(C)C)nc(C(N)=O)n2)cc1. The summed E-state index contributed by atoms with van der Waals surface area (Å²) in [7, 11) is 0. The van der Waals surface area contributed by atoms with Crippen LogP contribution < -0.4 is 11.1 Å². The van der Waals surface area contributed by atoms with Crippen LogP contribution in [0.3, 0.4) is 0 Å². The van der Waals surface area contributed by atoms with Gasteiger partial charge in [-0.2, -0.15) is 0 Å². The van der Waals surface area contributed by atoms with Crippen molar-refractivity contribution in [3.63, 3.8) is 0 Å². The minimum Gasteiger partial charge on any atom is -0.366 e. The summed E-state index contributed by atoms with van der Waals surface area (Å²) in [6.45, 7) is 6.70. The highest BCUT2D eigenvalue weighted by molar-refractivity contribution is 5.89. The van der Waals surface area contributed by atoms with Crippen LogP contribution in [-0.4, -0.2) is 15.9 Å². The van der Waals surface area contributed by atoms with E-state index in [4.69, 9.17) is 5.73 Å². The van der Waals surface area contributed by atoms with Crippen molar-refractivity contribution in [2.75, 3.05) is 5.32 Å². The van der Waals surface area contributed by atoms with E-state index in [1.54, 1.807) is 0 Å². The molecule has 0 unspecified atom stereocenters. The Morgan fingerprint density at radius 3 is 2.48 bits per heavy atom. The maximum atomic E-state index is 11.3. The van der Waals surface area contributed by atoms with Crippen LogP contribution in [0.4, 0.5) is 5.82 Å². The summed E-state index contributed by atoms with van der Waals surface area (Å²) in [4.78, 5) is 19.6. The van der Waals surface area contributed by atoms with Crippen molar-refractivity contribution in [1.82, 2.24) is 9.97 Å². The zero-order valence-corrected chi connectivity index (χ0v) is 12.6. The van der Waals surface area contributed by atoms with Gasteiger partial charge in [0.25, 0.3) is 5.91 Å². The number of aryl methyl sites for hydroxylation is 1. The number of aromatic nitrogens is 2. The number of hydrogen-bond acceptors (Lipinski definition) is 4. The number of nitrogens with two attached hydrogens (primary N) is 1. The summed E-state index contributed by atoms with van der Waals surface area (Å²) in [5.41, 5.74) is 8.45. The number of nitrogens with zero attached hydrogens (tertiary/aromatic N) is 2. The van der Waals surface area contributed by atoms with E-state index < -0.39 is 5.91 Å². The lowest BCUT2D eigenvalue weighted by Gasteiger charge is -2.11. The average molecular weight is 284 g/mol. The van der Waals surface area contributed by atoms with Crippen molar-refractivity contribution in [3.05, 3.63) is 53.0 Å². The molecular weight excluding hydrogens is 264 g/mol. The van der Waals surface area contributed by atoms with Crippen LogP contribution in [0.15, 0.2) is 30.3 Å². The van der Waals surface area contributed by atoms with Gasteiger partial charge in [0.15, 0.2) is 0 Å². The van der Waals surface area contributed by atoms with Crippen LogP contribution in [0.5, 0.6) is 0 Å². The summed E-state index contributed by atoms with van der Waals surface area (Å²) in [5.74, 6) is 0.248. The first kappa shape index (κ1) is 15.0. The second-order valence-corrected chi connectivity index (χ2v) is 5.36. The van der Waals surface area contributed by atoms with Gasteiger partial charge in [-0.25, -0.2) is 9.97 Å². The summed E-state index contributed by atoms with van der Waals surface area (Å²) in [6.07, 6.45) is 0. The molecular formula is C16H20N4O. The van der Waals surface area contributed by atoms with Gasteiger partial charge in [-0.1, -0.05) is 43.7 Å². The van der Waals surface area contributed by atoms with Crippen LogP contribution in [-0.2, 0) is 6.54 Å². The predicted molar refractivity (Wildman–Crippen MR) is 83.1 cm³/mol. The van der Waals surface area contributed by atoms with Gasteiger partial charge in [-0.15, -0.1) is 0 Å². The maximum Gasteiger partial charge on any atom is 0.286 e. The molecule has 0 atom stereocenters. The Hall–Kier alpha value is -2.43. The lowest BCUT2D eigenvalue weighted by molar-refractivity contribution is 0.0990. The number of amides is 1. The Labute approximate surface area is 124 Å². The number of primary amides is 1. The summed E-state index contributed by atoms with van der Waals surface area (Å²) < 4.78 is 0. The Morgan fingerprint density at radius 1 is 1.24 bits per heavy atom. The topological polar surface area (TPSA) is 80.9 Å². The van der Waals surface area contributed by atoms with Gasteiger partial charge in [0, 0.05) is 18.3 Å². The van der Waals surface area contributed by atoms with E-state index in [0.29, 0.717) is 12.4 Å². The second kappa shape index (κ2) is 6.35. The Bertz CT molecular complexity index is 635. The molecule has 1 aromatic carbocycles. The molecule has 3 N–H and O–H groups in total. The first-order valence-corrected chi connectivity index (χ1v) is 6.94. The largest absolute Gasteiger partial charge is 0.366 e. The molecule has 0 aliphatic heterocycles. The summed E-state index contributed by atoms with van der Waals surface area (Å²) >= 11 is 0. The number of anilines is 1. The smallest absolute Gasteiger partial charge is 0.286 e. The number of rotatable bonds is 5. The third-order valence-corrected chi connectivity index (χ3v) is 3.15. The fourth-order valence-electron chi connectivity index (χ4n) is 1.86. The zero-order valence-electron chi connectivity index (χ0n) is 12.6. The van der Waals surface area contributed by atoms with Gasteiger partial charge < -0.3 is 11.1 Å². The highest BCUT2D eigenvalue weighted by atomic mass is 16.1. The van der Waals surface area contributed by atoms with E-state index in [1.807, 2.05) is 19.9 Å². The molecule has 0 spiro atoms. The number of carbonyl (C=O) groups excluding carboxylic acids is 1. The molecule has 2 aromatic rings. The third kappa shape index (κ3) is 4.02. The number of nitrogens with one attached hydrogen (secondary N) is 1. The predicted octanol–water partition coefficient (Wildman–Crippen LogP) is 2.62. The van der Waals surface area contributed by atoms with Crippen LogP contribution in [0, 0.1) is 6.92 Å². The van der Waals surface area contributed by atoms with E-state index in [0.717, 1.165) is 11.3 Å². The van der Waals surface area contributed by atoms with E-state index in [-0.39, 0.29) is 11.7 Å². The van der Waals surface area contributed by atoms with Crippen molar-refractivity contribution >= 4 is 11.7 Å². The minimum absolute atomic E-state index is 0.0487. The molecule has 21 heavy (non-hydrogen) atoms. The van der Waals surface area contributed by atoms with Gasteiger partial charge in [0.05, 0.1) is 0 Å². The molecule has 0 aliphatic rings. The van der Waals surface area contributed by atoms with Crippen molar-refractivity contribution in [2.45, 2.75) is 33.2 Å². The molecule has 0 bridgehead atoms. The van der Waals surface area contributed by atoms with Crippen LogP contribution in [0.1, 0.15) is 47.2 Å². The molecule has 0 saturated heterocycles. The molecule has 5 heteroatoms. The molecule has 5 nitrogen and oxygen atoms in total. The van der Waals surface area contributed by atoms with E-state index in [2.05, 4.69) is 46.5 Å². The molecule has 2 rings (SSSR count). The van der Waals surface area contributed by atoms with Crippen LogP contribution in [0.2, 0.25) is 0 Å². The lowest BCUT2D eigenvalue weighted by atomic mass is 10.1. The van der Waals surface area contributed by atoms with Gasteiger partial charge in [0.2, 0.25) is 5.82 Å². The van der Waals surface area contributed by atoms with Crippen LogP contribution >= 0.6 is 0 Å². The quantitative estimate of drug-likeness (QED) is 0.884. The molecule has 0 fully saturated rings. The van der Waals surface area contributed by atoms with Crippen molar-refractivity contribution < 1.29 is 4.79 Å². The molecule has 1 aromatic heterocycles. The summed E-state index contributed by atoms with van der Waals surface area (Å²) in [5, 5.41) is 3.21. The fourth-order valence-corrected chi connectivity index (χ4v) is 1.86. The molecule has 0 aliphatic carbocycles. The minimum atomic E-state index is -0.615. The van der Waals surface area contributed by atoms with Gasteiger partial charge in [0.1, 0.15) is 5.82 Å². The van der Waals surface area contributed by atoms with E-state index in [9.17, 15) is 4.79 Å². The Balaban J connectivity index is 2.18.